The second-order valence-corrected chi connectivity index (χ2v) is 5.43. The van der Waals surface area contributed by atoms with E-state index in [-0.39, 0.29) is 31.6 Å². The van der Waals surface area contributed by atoms with Gasteiger partial charge in [0.05, 0.1) is 19.6 Å². The quantitative estimate of drug-likeness (QED) is 0.724. The standard InChI is InChI=1S/C18H21NO5/c1-12(18(22)19-7-8-24-11-17(20)21)13-3-4-15-10-16(23-2)6-5-14(15)9-13/h3-6,9-10,12H,7-8,11H2,1-2H3,(H,19,22)(H,20,21). The van der Waals surface area contributed by atoms with Crippen LogP contribution in [0.4, 0.5) is 0 Å². The summed E-state index contributed by atoms with van der Waals surface area (Å²) in [6.45, 7) is 1.92. The average Bonchev–Trinajstić information content (AvgIpc) is 2.59. The van der Waals surface area contributed by atoms with Crippen LogP contribution in [0.15, 0.2) is 36.4 Å². The molecule has 0 aromatic heterocycles. The van der Waals surface area contributed by atoms with E-state index in [4.69, 9.17) is 14.6 Å². The molecule has 0 saturated carbocycles. The van der Waals surface area contributed by atoms with Crippen LogP contribution in [0.5, 0.6) is 5.75 Å². The van der Waals surface area contributed by atoms with Gasteiger partial charge in [-0.05, 0) is 35.4 Å². The minimum Gasteiger partial charge on any atom is -0.497 e. The van der Waals surface area contributed by atoms with Crippen LogP contribution in [0, 0.1) is 0 Å². The minimum absolute atomic E-state index is 0.123. The Morgan fingerprint density at radius 1 is 1.17 bits per heavy atom. The summed E-state index contributed by atoms with van der Waals surface area (Å²) in [5.74, 6) is -0.664. The minimum atomic E-state index is -1.03. The summed E-state index contributed by atoms with van der Waals surface area (Å²) in [5.41, 5.74) is 0.914. The smallest absolute Gasteiger partial charge is 0.329 e. The van der Waals surface area contributed by atoms with Crippen LogP contribution >= 0.6 is 0 Å². The van der Waals surface area contributed by atoms with E-state index in [1.54, 1.807) is 7.11 Å². The summed E-state index contributed by atoms with van der Waals surface area (Å²) in [5, 5.41) is 13.3. The van der Waals surface area contributed by atoms with Crippen molar-refractivity contribution in [2.75, 3.05) is 26.9 Å². The molecule has 128 valence electrons. The maximum Gasteiger partial charge on any atom is 0.329 e. The van der Waals surface area contributed by atoms with Gasteiger partial charge in [0.15, 0.2) is 0 Å². The van der Waals surface area contributed by atoms with Gasteiger partial charge in [-0.2, -0.15) is 0 Å². The highest BCUT2D eigenvalue weighted by molar-refractivity contribution is 5.88. The number of fused-ring (bicyclic) bond motifs is 1. The number of ether oxygens (including phenoxy) is 2. The van der Waals surface area contributed by atoms with Crippen molar-refractivity contribution in [2.45, 2.75) is 12.8 Å². The maximum absolute atomic E-state index is 12.2. The first-order chi connectivity index (χ1) is 11.5. The zero-order valence-electron chi connectivity index (χ0n) is 13.7. The lowest BCUT2D eigenvalue weighted by Crippen LogP contribution is -2.31. The molecule has 0 aliphatic carbocycles. The van der Waals surface area contributed by atoms with Crippen LogP contribution in [0.2, 0.25) is 0 Å². The third-order valence-electron chi connectivity index (χ3n) is 3.74. The molecule has 6 nitrogen and oxygen atoms in total. The average molecular weight is 331 g/mol. The predicted octanol–water partition coefficient (Wildman–Crippen LogP) is 2.17. The van der Waals surface area contributed by atoms with Gasteiger partial charge < -0.3 is 19.9 Å². The predicted molar refractivity (Wildman–Crippen MR) is 90.4 cm³/mol. The monoisotopic (exact) mass is 331 g/mol. The Bertz CT molecular complexity index is 728. The Balaban J connectivity index is 1.95. The lowest BCUT2D eigenvalue weighted by molar-refractivity contribution is -0.142. The van der Waals surface area contributed by atoms with E-state index in [1.807, 2.05) is 43.3 Å². The van der Waals surface area contributed by atoms with E-state index in [1.165, 1.54) is 0 Å². The Morgan fingerprint density at radius 3 is 2.58 bits per heavy atom. The second-order valence-electron chi connectivity index (χ2n) is 5.43. The number of carboxylic acids is 1. The number of nitrogens with one attached hydrogen (secondary N) is 1. The Morgan fingerprint density at radius 2 is 1.88 bits per heavy atom. The van der Waals surface area contributed by atoms with E-state index >= 15 is 0 Å². The summed E-state index contributed by atoms with van der Waals surface area (Å²) in [7, 11) is 1.63. The molecule has 2 rings (SSSR count). The lowest BCUT2D eigenvalue weighted by Gasteiger charge is -2.13. The van der Waals surface area contributed by atoms with Gasteiger partial charge in [0.1, 0.15) is 12.4 Å². The summed E-state index contributed by atoms with van der Waals surface area (Å²) in [6, 6.07) is 11.7. The molecule has 0 bridgehead atoms. The molecule has 24 heavy (non-hydrogen) atoms. The zero-order chi connectivity index (χ0) is 17.5. The highest BCUT2D eigenvalue weighted by Crippen LogP contribution is 2.25. The first-order valence-corrected chi connectivity index (χ1v) is 7.66. The van der Waals surface area contributed by atoms with Gasteiger partial charge in [0, 0.05) is 6.54 Å². The molecule has 0 aliphatic heterocycles. The first-order valence-electron chi connectivity index (χ1n) is 7.66. The van der Waals surface area contributed by atoms with E-state index in [0.717, 1.165) is 22.1 Å². The van der Waals surface area contributed by atoms with Crippen LogP contribution < -0.4 is 10.1 Å². The van der Waals surface area contributed by atoms with Gasteiger partial charge in [-0.25, -0.2) is 4.79 Å². The van der Waals surface area contributed by atoms with Crippen LogP contribution in [-0.2, 0) is 14.3 Å². The highest BCUT2D eigenvalue weighted by atomic mass is 16.5. The highest BCUT2D eigenvalue weighted by Gasteiger charge is 2.15. The molecule has 0 radical (unpaired) electrons. The van der Waals surface area contributed by atoms with Gasteiger partial charge in [0.2, 0.25) is 5.91 Å². The number of hydrogen-bond donors (Lipinski definition) is 2. The molecule has 1 unspecified atom stereocenters. The van der Waals surface area contributed by atoms with Crippen molar-refractivity contribution in [3.05, 3.63) is 42.0 Å². The fraction of sp³-hybridized carbons (Fsp3) is 0.333. The molecular formula is C18H21NO5. The van der Waals surface area contributed by atoms with E-state index in [9.17, 15) is 9.59 Å². The molecule has 6 heteroatoms. The zero-order valence-corrected chi connectivity index (χ0v) is 13.7. The summed E-state index contributed by atoms with van der Waals surface area (Å²) in [6.07, 6.45) is 0. The van der Waals surface area contributed by atoms with E-state index < -0.39 is 5.97 Å². The Hall–Kier alpha value is -2.60. The van der Waals surface area contributed by atoms with Crippen LogP contribution in [-0.4, -0.2) is 43.9 Å². The SMILES string of the molecule is COc1ccc2cc(C(C)C(=O)NCCOCC(=O)O)ccc2c1. The summed E-state index contributed by atoms with van der Waals surface area (Å²) >= 11 is 0. The van der Waals surface area contributed by atoms with Gasteiger partial charge in [-0.15, -0.1) is 0 Å². The third-order valence-corrected chi connectivity index (χ3v) is 3.74. The van der Waals surface area contributed by atoms with Gasteiger partial charge in [0.25, 0.3) is 0 Å². The number of carbonyl (C=O) groups is 2. The Labute approximate surface area is 140 Å². The number of benzene rings is 2. The van der Waals surface area contributed by atoms with Crippen molar-refractivity contribution >= 4 is 22.6 Å². The summed E-state index contributed by atoms with van der Waals surface area (Å²) < 4.78 is 10.1. The topological polar surface area (TPSA) is 84.9 Å². The van der Waals surface area contributed by atoms with Crippen molar-refractivity contribution < 1.29 is 24.2 Å². The molecule has 0 spiro atoms. The van der Waals surface area contributed by atoms with Crippen molar-refractivity contribution in [1.82, 2.24) is 5.32 Å². The molecule has 2 N–H and O–H groups in total. The fourth-order valence-corrected chi connectivity index (χ4v) is 2.35. The van der Waals surface area contributed by atoms with Gasteiger partial charge in [-0.3, -0.25) is 4.79 Å². The Kier molecular flexibility index (Phi) is 6.14. The van der Waals surface area contributed by atoms with E-state index in [2.05, 4.69) is 5.32 Å². The van der Waals surface area contributed by atoms with Crippen molar-refractivity contribution in [3.63, 3.8) is 0 Å². The number of methoxy groups -OCH3 is 1. The molecule has 0 saturated heterocycles. The largest absolute Gasteiger partial charge is 0.497 e. The number of aliphatic carboxylic acids is 1. The van der Waals surface area contributed by atoms with E-state index in [0.29, 0.717) is 0 Å². The van der Waals surface area contributed by atoms with Crippen LogP contribution in [0.3, 0.4) is 0 Å². The molecule has 1 atom stereocenters. The van der Waals surface area contributed by atoms with Crippen molar-refractivity contribution in [1.29, 1.82) is 0 Å². The molecule has 0 aliphatic rings. The van der Waals surface area contributed by atoms with Crippen molar-refractivity contribution in [3.8, 4) is 5.75 Å². The van der Waals surface area contributed by atoms with Crippen LogP contribution in [0.1, 0.15) is 18.4 Å². The molecule has 0 fully saturated rings. The fourth-order valence-electron chi connectivity index (χ4n) is 2.35. The second kappa shape index (κ2) is 8.31. The van der Waals surface area contributed by atoms with Gasteiger partial charge in [-0.1, -0.05) is 24.3 Å². The number of hydrogen-bond acceptors (Lipinski definition) is 4. The molecular weight excluding hydrogens is 310 g/mol. The third kappa shape index (κ3) is 4.70. The first kappa shape index (κ1) is 17.7. The molecule has 1 amide bonds. The molecule has 2 aromatic rings. The lowest BCUT2D eigenvalue weighted by atomic mass is 9.97. The van der Waals surface area contributed by atoms with Crippen molar-refractivity contribution in [2.24, 2.45) is 0 Å². The summed E-state index contributed by atoms with van der Waals surface area (Å²) in [4.78, 5) is 22.5. The van der Waals surface area contributed by atoms with Gasteiger partial charge >= 0.3 is 5.97 Å². The molecule has 2 aromatic carbocycles. The number of amides is 1. The normalized spacial score (nSPS) is 11.9. The maximum atomic E-state index is 12.2. The van der Waals surface area contributed by atoms with Crippen LogP contribution in [0.25, 0.3) is 10.8 Å². The molecule has 0 heterocycles. The number of carbonyl (C=O) groups excluding carboxylic acids is 1. The number of carboxylic acid groups (broad SMARTS) is 1. The number of rotatable bonds is 8.